The van der Waals surface area contributed by atoms with Crippen molar-refractivity contribution in [3.05, 3.63) is 62.8 Å². The van der Waals surface area contributed by atoms with E-state index in [9.17, 15) is 9.18 Å². The molecule has 0 unspecified atom stereocenters. The Morgan fingerprint density at radius 2 is 2.10 bits per heavy atom. The number of hydrogen-bond acceptors (Lipinski definition) is 3. The lowest BCUT2D eigenvalue weighted by Gasteiger charge is -2.08. The average Bonchev–Trinajstić information content (AvgIpc) is 2.39. The van der Waals surface area contributed by atoms with Gasteiger partial charge in [-0.3, -0.25) is 0 Å². The van der Waals surface area contributed by atoms with E-state index in [0.717, 1.165) is 0 Å². The van der Waals surface area contributed by atoms with Gasteiger partial charge in [-0.1, -0.05) is 39.7 Å². The molecule has 0 atom stereocenters. The van der Waals surface area contributed by atoms with Crippen LogP contribution >= 0.6 is 27.5 Å². The van der Waals surface area contributed by atoms with Crippen molar-refractivity contribution in [3.63, 3.8) is 0 Å². The maximum atomic E-state index is 13.2. The maximum absolute atomic E-state index is 13.2. The highest BCUT2D eigenvalue weighted by molar-refractivity contribution is 9.10. The Bertz CT molecular complexity index is 643. The van der Waals surface area contributed by atoms with Crippen molar-refractivity contribution in [1.82, 2.24) is 0 Å². The van der Waals surface area contributed by atoms with Gasteiger partial charge in [-0.05, 0) is 24.3 Å². The summed E-state index contributed by atoms with van der Waals surface area (Å²) in [5.41, 5.74) is 6.80. The molecule has 3 nitrogen and oxygen atoms in total. The van der Waals surface area contributed by atoms with Crippen LogP contribution in [0.1, 0.15) is 15.9 Å². The maximum Gasteiger partial charge on any atom is 0.338 e. The molecule has 0 amide bonds. The summed E-state index contributed by atoms with van der Waals surface area (Å²) < 4.78 is 19.0. The van der Waals surface area contributed by atoms with Crippen molar-refractivity contribution in [3.8, 4) is 0 Å². The molecule has 0 aromatic heterocycles. The molecule has 2 rings (SSSR count). The van der Waals surface area contributed by atoms with Gasteiger partial charge >= 0.3 is 5.97 Å². The molecular formula is C14H10BrClFNO2. The SMILES string of the molecule is Nc1cc(Br)cc(C(=O)OCc2cccc(F)c2Cl)c1. The smallest absolute Gasteiger partial charge is 0.338 e. The number of nitrogens with two attached hydrogens (primary N) is 1. The van der Waals surface area contributed by atoms with E-state index in [-0.39, 0.29) is 11.6 Å². The van der Waals surface area contributed by atoms with Gasteiger partial charge in [0.2, 0.25) is 0 Å². The number of esters is 1. The van der Waals surface area contributed by atoms with Gasteiger partial charge in [0.05, 0.1) is 10.6 Å². The zero-order valence-corrected chi connectivity index (χ0v) is 12.5. The molecule has 2 aromatic carbocycles. The van der Waals surface area contributed by atoms with Crippen LogP contribution in [0.4, 0.5) is 10.1 Å². The molecule has 20 heavy (non-hydrogen) atoms. The third kappa shape index (κ3) is 3.49. The fraction of sp³-hybridized carbons (Fsp3) is 0.0714. The zero-order chi connectivity index (χ0) is 14.7. The molecule has 0 spiro atoms. The highest BCUT2D eigenvalue weighted by atomic mass is 79.9. The lowest BCUT2D eigenvalue weighted by Crippen LogP contribution is -2.06. The van der Waals surface area contributed by atoms with Crippen LogP contribution in [-0.4, -0.2) is 5.97 Å². The summed E-state index contributed by atoms with van der Waals surface area (Å²) in [5, 5.41) is -0.0472. The summed E-state index contributed by atoms with van der Waals surface area (Å²) in [6.07, 6.45) is 0. The van der Waals surface area contributed by atoms with Crippen molar-refractivity contribution in [1.29, 1.82) is 0 Å². The van der Waals surface area contributed by atoms with Crippen molar-refractivity contribution in [2.45, 2.75) is 6.61 Å². The number of halogens is 3. The quantitative estimate of drug-likeness (QED) is 0.661. The number of carbonyl (C=O) groups excluding carboxylic acids is 1. The summed E-state index contributed by atoms with van der Waals surface area (Å²) >= 11 is 9.02. The first kappa shape index (κ1) is 14.8. The highest BCUT2D eigenvalue weighted by Gasteiger charge is 2.11. The molecule has 2 aromatic rings. The van der Waals surface area contributed by atoms with Gasteiger partial charge in [0, 0.05) is 15.7 Å². The van der Waals surface area contributed by atoms with E-state index in [1.165, 1.54) is 18.2 Å². The summed E-state index contributed by atoms with van der Waals surface area (Å²) in [5.74, 6) is -1.11. The van der Waals surface area contributed by atoms with Crippen LogP contribution in [0.2, 0.25) is 5.02 Å². The third-order valence-electron chi connectivity index (χ3n) is 2.55. The number of carbonyl (C=O) groups is 1. The normalized spacial score (nSPS) is 10.3. The minimum absolute atomic E-state index is 0.0472. The fourth-order valence-electron chi connectivity index (χ4n) is 1.62. The summed E-state index contributed by atoms with van der Waals surface area (Å²) in [4.78, 5) is 11.9. The number of ether oxygens (including phenoxy) is 1. The topological polar surface area (TPSA) is 52.3 Å². The number of benzene rings is 2. The Kier molecular flexibility index (Phi) is 4.62. The van der Waals surface area contributed by atoms with Crippen LogP contribution < -0.4 is 5.73 Å². The molecule has 0 radical (unpaired) electrons. The predicted octanol–water partition coefficient (Wildman–Crippen LogP) is 4.18. The van der Waals surface area contributed by atoms with Crippen LogP contribution in [0.3, 0.4) is 0 Å². The molecule has 0 saturated heterocycles. The van der Waals surface area contributed by atoms with Crippen molar-refractivity contribution < 1.29 is 13.9 Å². The minimum atomic E-state index is -0.557. The second kappa shape index (κ2) is 6.24. The Morgan fingerprint density at radius 1 is 1.35 bits per heavy atom. The Balaban J connectivity index is 2.10. The highest BCUT2D eigenvalue weighted by Crippen LogP contribution is 2.22. The Labute approximate surface area is 128 Å². The van der Waals surface area contributed by atoms with Gasteiger partial charge in [0.1, 0.15) is 12.4 Å². The van der Waals surface area contributed by atoms with E-state index >= 15 is 0 Å². The lowest BCUT2D eigenvalue weighted by atomic mass is 10.2. The van der Waals surface area contributed by atoms with Crippen LogP contribution in [0.15, 0.2) is 40.9 Å². The second-order valence-corrected chi connectivity index (χ2v) is 5.36. The van der Waals surface area contributed by atoms with Gasteiger partial charge in [-0.25, -0.2) is 9.18 Å². The molecule has 0 saturated carbocycles. The number of anilines is 1. The van der Waals surface area contributed by atoms with E-state index in [0.29, 0.717) is 21.3 Å². The number of rotatable bonds is 3. The Hall–Kier alpha value is -1.59. The first-order valence-corrected chi connectivity index (χ1v) is 6.80. The first-order valence-electron chi connectivity index (χ1n) is 5.63. The number of hydrogen-bond donors (Lipinski definition) is 1. The van der Waals surface area contributed by atoms with E-state index in [2.05, 4.69) is 15.9 Å². The number of nitrogen functional groups attached to an aromatic ring is 1. The van der Waals surface area contributed by atoms with Gasteiger partial charge in [-0.2, -0.15) is 0 Å². The Morgan fingerprint density at radius 3 is 2.80 bits per heavy atom. The fourth-order valence-corrected chi connectivity index (χ4v) is 2.31. The van der Waals surface area contributed by atoms with E-state index < -0.39 is 11.8 Å². The second-order valence-electron chi connectivity index (χ2n) is 4.06. The van der Waals surface area contributed by atoms with E-state index in [1.54, 1.807) is 18.2 Å². The average molecular weight is 359 g/mol. The van der Waals surface area contributed by atoms with Crippen molar-refractivity contribution in [2.24, 2.45) is 0 Å². The summed E-state index contributed by atoms with van der Waals surface area (Å²) in [7, 11) is 0. The molecule has 104 valence electrons. The lowest BCUT2D eigenvalue weighted by molar-refractivity contribution is 0.0472. The molecule has 0 aliphatic carbocycles. The zero-order valence-electron chi connectivity index (χ0n) is 10.2. The minimum Gasteiger partial charge on any atom is -0.457 e. The molecule has 0 bridgehead atoms. The molecule has 6 heteroatoms. The van der Waals surface area contributed by atoms with E-state index in [4.69, 9.17) is 22.1 Å². The monoisotopic (exact) mass is 357 g/mol. The van der Waals surface area contributed by atoms with Crippen molar-refractivity contribution >= 4 is 39.2 Å². The largest absolute Gasteiger partial charge is 0.457 e. The van der Waals surface area contributed by atoms with Crippen LogP contribution in [0, 0.1) is 5.82 Å². The molecule has 0 heterocycles. The third-order valence-corrected chi connectivity index (χ3v) is 3.43. The molecular weight excluding hydrogens is 349 g/mol. The molecule has 0 aliphatic heterocycles. The van der Waals surface area contributed by atoms with Gasteiger partial charge < -0.3 is 10.5 Å². The van der Waals surface area contributed by atoms with E-state index in [1.807, 2.05) is 0 Å². The van der Waals surface area contributed by atoms with Crippen LogP contribution in [0.25, 0.3) is 0 Å². The van der Waals surface area contributed by atoms with Crippen molar-refractivity contribution in [2.75, 3.05) is 5.73 Å². The predicted molar refractivity (Wildman–Crippen MR) is 79.1 cm³/mol. The standard InChI is InChI=1S/C14H10BrClFNO2/c15-10-4-9(5-11(18)6-10)14(19)20-7-8-2-1-3-12(17)13(8)16/h1-6H,7,18H2. The van der Waals surface area contributed by atoms with Gasteiger partial charge in [-0.15, -0.1) is 0 Å². The summed E-state index contributed by atoms with van der Waals surface area (Å²) in [6, 6.07) is 9.09. The molecule has 0 fully saturated rings. The van der Waals surface area contributed by atoms with Crippen LogP contribution in [0.5, 0.6) is 0 Å². The molecule has 0 aliphatic rings. The van der Waals surface area contributed by atoms with Crippen LogP contribution in [-0.2, 0) is 11.3 Å². The first-order chi connectivity index (χ1) is 9.47. The summed E-state index contributed by atoms with van der Waals surface area (Å²) in [6.45, 7) is -0.109. The molecule has 2 N–H and O–H groups in total. The van der Waals surface area contributed by atoms with Gasteiger partial charge in [0.25, 0.3) is 0 Å². The van der Waals surface area contributed by atoms with Gasteiger partial charge in [0.15, 0.2) is 0 Å².